The molecule has 1 nitrogen and oxygen atoms in total. The van der Waals surface area contributed by atoms with Gasteiger partial charge in [-0.3, -0.25) is 4.98 Å². The summed E-state index contributed by atoms with van der Waals surface area (Å²) in [4.78, 5) is 5.86. The zero-order chi connectivity index (χ0) is 10.1. The first kappa shape index (κ1) is 9.10. The number of aryl methyl sites for hydroxylation is 1. The molecule has 0 unspecified atom stereocenters. The van der Waals surface area contributed by atoms with Crippen LogP contribution < -0.4 is 0 Å². The van der Waals surface area contributed by atoms with E-state index < -0.39 is 0 Å². The van der Waals surface area contributed by atoms with Crippen molar-refractivity contribution in [2.75, 3.05) is 0 Å². The minimum atomic E-state index is 1.20. The average molecular weight is 215 g/mol. The molecule has 0 spiro atoms. The Kier molecular flexibility index (Phi) is 2.29. The Morgan fingerprint density at radius 3 is 2.93 bits per heavy atom. The summed E-state index contributed by atoms with van der Waals surface area (Å²) in [5, 5.41) is 2.12. The Bertz CT molecular complexity index is 459. The third-order valence-electron chi connectivity index (χ3n) is 3.03. The number of hydrogen-bond donors (Lipinski definition) is 0. The van der Waals surface area contributed by atoms with Gasteiger partial charge in [0, 0.05) is 6.20 Å². The lowest BCUT2D eigenvalue weighted by Gasteiger charge is -2.17. The van der Waals surface area contributed by atoms with Crippen LogP contribution in [0.25, 0.3) is 10.6 Å². The van der Waals surface area contributed by atoms with E-state index in [0.717, 1.165) is 0 Å². The quantitative estimate of drug-likeness (QED) is 0.707. The lowest BCUT2D eigenvalue weighted by molar-refractivity contribution is 0.684. The molecule has 0 saturated carbocycles. The van der Waals surface area contributed by atoms with Crippen LogP contribution in [0.3, 0.4) is 0 Å². The van der Waals surface area contributed by atoms with Gasteiger partial charge in [0.2, 0.25) is 0 Å². The fourth-order valence-electron chi connectivity index (χ4n) is 2.29. The van der Waals surface area contributed by atoms with Crippen LogP contribution in [0, 0.1) is 0 Å². The maximum absolute atomic E-state index is 4.54. The van der Waals surface area contributed by atoms with E-state index in [1.54, 1.807) is 11.3 Å². The molecule has 2 heterocycles. The molecule has 0 radical (unpaired) electrons. The SMILES string of the molecule is c1csc(-c2nccc3c2CCCC3)c1. The van der Waals surface area contributed by atoms with Crippen LogP contribution in [0.2, 0.25) is 0 Å². The van der Waals surface area contributed by atoms with Crippen molar-refractivity contribution < 1.29 is 0 Å². The van der Waals surface area contributed by atoms with Crippen LogP contribution in [0.5, 0.6) is 0 Å². The fourth-order valence-corrected chi connectivity index (χ4v) is 3.04. The van der Waals surface area contributed by atoms with Crippen molar-refractivity contribution in [1.82, 2.24) is 4.98 Å². The predicted octanol–water partition coefficient (Wildman–Crippen LogP) is 3.69. The number of hydrogen-bond acceptors (Lipinski definition) is 2. The molecule has 15 heavy (non-hydrogen) atoms. The summed E-state index contributed by atoms with van der Waals surface area (Å²) in [6.45, 7) is 0. The molecule has 0 N–H and O–H groups in total. The van der Waals surface area contributed by atoms with Crippen LogP contribution in [0.4, 0.5) is 0 Å². The molecule has 1 aliphatic rings. The highest BCUT2D eigenvalue weighted by atomic mass is 32.1. The molecule has 0 saturated heterocycles. The van der Waals surface area contributed by atoms with Gasteiger partial charge in [0.1, 0.15) is 0 Å². The maximum atomic E-state index is 4.54. The van der Waals surface area contributed by atoms with Gasteiger partial charge in [-0.25, -0.2) is 0 Å². The molecule has 76 valence electrons. The fraction of sp³-hybridized carbons (Fsp3) is 0.308. The molecular weight excluding hydrogens is 202 g/mol. The lowest BCUT2D eigenvalue weighted by Crippen LogP contribution is -2.05. The van der Waals surface area contributed by atoms with Crippen LogP contribution in [0.15, 0.2) is 29.8 Å². The van der Waals surface area contributed by atoms with Gasteiger partial charge in [0.05, 0.1) is 10.6 Å². The summed E-state index contributed by atoms with van der Waals surface area (Å²) in [6, 6.07) is 6.46. The molecule has 0 fully saturated rings. The predicted molar refractivity (Wildman–Crippen MR) is 64.2 cm³/mol. The largest absolute Gasteiger partial charge is 0.255 e. The van der Waals surface area contributed by atoms with Crippen LogP contribution in [0.1, 0.15) is 24.0 Å². The molecule has 0 atom stereocenters. The minimum Gasteiger partial charge on any atom is -0.255 e. The lowest BCUT2D eigenvalue weighted by atomic mass is 9.91. The van der Waals surface area contributed by atoms with E-state index in [1.807, 2.05) is 6.20 Å². The van der Waals surface area contributed by atoms with Crippen molar-refractivity contribution in [1.29, 1.82) is 0 Å². The van der Waals surface area contributed by atoms with Crippen molar-refractivity contribution in [3.63, 3.8) is 0 Å². The summed E-state index contributed by atoms with van der Waals surface area (Å²) in [6.07, 6.45) is 7.05. The molecule has 0 amide bonds. The topological polar surface area (TPSA) is 12.9 Å². The summed E-state index contributed by atoms with van der Waals surface area (Å²) in [5.41, 5.74) is 4.23. The van der Waals surface area contributed by atoms with E-state index in [9.17, 15) is 0 Å². The number of fused-ring (bicyclic) bond motifs is 1. The number of pyridine rings is 1. The highest BCUT2D eigenvalue weighted by Crippen LogP contribution is 2.31. The Labute approximate surface area is 93.8 Å². The number of aromatic nitrogens is 1. The molecule has 2 heteroatoms. The van der Waals surface area contributed by atoms with Crippen molar-refractivity contribution in [2.45, 2.75) is 25.7 Å². The van der Waals surface area contributed by atoms with Crippen molar-refractivity contribution in [3.05, 3.63) is 40.9 Å². The van der Waals surface area contributed by atoms with Crippen LogP contribution >= 0.6 is 11.3 Å². The number of nitrogens with zero attached hydrogens (tertiary/aromatic N) is 1. The molecule has 0 aromatic carbocycles. The third-order valence-corrected chi connectivity index (χ3v) is 3.91. The third kappa shape index (κ3) is 1.59. The van der Waals surface area contributed by atoms with Gasteiger partial charge < -0.3 is 0 Å². The Morgan fingerprint density at radius 1 is 1.13 bits per heavy atom. The second-order valence-electron chi connectivity index (χ2n) is 3.98. The van der Waals surface area contributed by atoms with Gasteiger partial charge >= 0.3 is 0 Å². The average Bonchev–Trinajstić information content (AvgIpc) is 2.82. The Hall–Kier alpha value is -1.15. The molecular formula is C13H13NS. The summed E-state index contributed by atoms with van der Waals surface area (Å²) < 4.78 is 0. The minimum absolute atomic E-state index is 1.20. The molecule has 2 aromatic rings. The van der Waals surface area contributed by atoms with Crippen molar-refractivity contribution in [3.8, 4) is 10.6 Å². The van der Waals surface area contributed by atoms with E-state index in [2.05, 4.69) is 28.6 Å². The maximum Gasteiger partial charge on any atom is 0.0836 e. The normalized spacial score (nSPS) is 14.9. The second kappa shape index (κ2) is 3.78. The Balaban J connectivity index is 2.15. The molecule has 3 rings (SSSR count). The molecule has 0 bridgehead atoms. The first-order valence-corrected chi connectivity index (χ1v) is 6.34. The van der Waals surface area contributed by atoms with E-state index in [-0.39, 0.29) is 0 Å². The molecule has 1 aliphatic carbocycles. The van der Waals surface area contributed by atoms with E-state index >= 15 is 0 Å². The first-order chi connectivity index (χ1) is 7.45. The van der Waals surface area contributed by atoms with E-state index in [4.69, 9.17) is 0 Å². The zero-order valence-corrected chi connectivity index (χ0v) is 9.39. The molecule has 0 aliphatic heterocycles. The first-order valence-electron chi connectivity index (χ1n) is 5.46. The van der Waals surface area contributed by atoms with Crippen molar-refractivity contribution in [2.24, 2.45) is 0 Å². The molecule has 2 aromatic heterocycles. The highest BCUT2D eigenvalue weighted by molar-refractivity contribution is 7.13. The van der Waals surface area contributed by atoms with Gasteiger partial charge in [-0.15, -0.1) is 11.3 Å². The van der Waals surface area contributed by atoms with E-state index in [1.165, 1.54) is 47.4 Å². The van der Waals surface area contributed by atoms with Gasteiger partial charge in [-0.2, -0.15) is 0 Å². The van der Waals surface area contributed by atoms with Gasteiger partial charge in [-0.1, -0.05) is 6.07 Å². The van der Waals surface area contributed by atoms with Crippen molar-refractivity contribution >= 4 is 11.3 Å². The Morgan fingerprint density at radius 2 is 2.07 bits per heavy atom. The van der Waals surface area contributed by atoms with Crippen LogP contribution in [-0.2, 0) is 12.8 Å². The van der Waals surface area contributed by atoms with Gasteiger partial charge in [0.25, 0.3) is 0 Å². The van der Waals surface area contributed by atoms with E-state index in [0.29, 0.717) is 0 Å². The number of thiophene rings is 1. The standard InChI is InChI=1S/C13H13NS/c1-2-5-11-10(4-1)7-8-14-13(11)12-6-3-9-15-12/h3,6-9H,1-2,4-5H2. The number of rotatable bonds is 1. The zero-order valence-electron chi connectivity index (χ0n) is 8.57. The summed E-state index contributed by atoms with van der Waals surface area (Å²) in [7, 11) is 0. The highest BCUT2D eigenvalue weighted by Gasteiger charge is 2.15. The van der Waals surface area contributed by atoms with Crippen LogP contribution in [-0.4, -0.2) is 4.98 Å². The smallest absolute Gasteiger partial charge is 0.0836 e. The summed E-state index contributed by atoms with van der Waals surface area (Å²) in [5.74, 6) is 0. The van der Waals surface area contributed by atoms with Gasteiger partial charge in [-0.05, 0) is 54.3 Å². The monoisotopic (exact) mass is 215 g/mol. The summed E-state index contributed by atoms with van der Waals surface area (Å²) >= 11 is 1.79. The second-order valence-corrected chi connectivity index (χ2v) is 4.93. The van der Waals surface area contributed by atoms with Gasteiger partial charge in [0.15, 0.2) is 0 Å².